The van der Waals surface area contributed by atoms with Crippen LogP contribution in [0.2, 0.25) is 0 Å². The fourth-order valence-corrected chi connectivity index (χ4v) is 4.08. The molecule has 2 aliphatic rings. The second-order valence-electron chi connectivity index (χ2n) is 7.31. The average molecular weight is 401 g/mol. The minimum atomic E-state index is -0.338. The highest BCUT2D eigenvalue weighted by molar-refractivity contribution is 6.15. The third-order valence-electron chi connectivity index (χ3n) is 5.56. The summed E-state index contributed by atoms with van der Waals surface area (Å²) in [7, 11) is 3.50. The van der Waals surface area contributed by atoms with E-state index in [9.17, 15) is 9.59 Å². The third kappa shape index (κ3) is 2.80. The number of carbonyl (C=O) groups is 2. The standard InChI is InChI=1S/C24H19NO5/c1-25-11-5-6-14(25)12-20-23(27)16-9-10-19-22(24(16)30-20)17(13-21(26)29-19)15-7-3-4-8-18(15)28-2/h3-12,17H,13H2,1-2H3/b20-12-/t17-/m0/s1. The van der Waals surface area contributed by atoms with Crippen molar-refractivity contribution < 1.29 is 23.8 Å². The van der Waals surface area contributed by atoms with Crippen LogP contribution in [0, 0.1) is 0 Å². The lowest BCUT2D eigenvalue weighted by Crippen LogP contribution is -2.22. The highest BCUT2D eigenvalue weighted by Gasteiger charge is 2.39. The smallest absolute Gasteiger partial charge is 0.312 e. The zero-order valence-corrected chi connectivity index (χ0v) is 16.5. The molecular weight excluding hydrogens is 382 g/mol. The van der Waals surface area contributed by atoms with E-state index in [1.54, 1.807) is 25.3 Å². The van der Waals surface area contributed by atoms with Gasteiger partial charge in [-0.2, -0.15) is 0 Å². The van der Waals surface area contributed by atoms with Gasteiger partial charge < -0.3 is 18.8 Å². The molecule has 1 atom stereocenters. The lowest BCUT2D eigenvalue weighted by molar-refractivity contribution is -0.135. The Morgan fingerprint density at radius 3 is 2.67 bits per heavy atom. The Hall–Kier alpha value is -3.80. The van der Waals surface area contributed by atoms with Crippen LogP contribution in [0.4, 0.5) is 0 Å². The molecule has 0 aliphatic carbocycles. The number of ketones is 1. The van der Waals surface area contributed by atoms with Gasteiger partial charge in [0.1, 0.15) is 17.2 Å². The van der Waals surface area contributed by atoms with E-state index in [0.717, 1.165) is 11.3 Å². The summed E-state index contributed by atoms with van der Waals surface area (Å²) < 4.78 is 19.0. The minimum Gasteiger partial charge on any atom is -0.496 e. The van der Waals surface area contributed by atoms with E-state index >= 15 is 0 Å². The molecule has 0 radical (unpaired) electrons. The van der Waals surface area contributed by atoms with Gasteiger partial charge in [-0.05, 0) is 30.3 Å². The first kappa shape index (κ1) is 18.2. The summed E-state index contributed by atoms with van der Waals surface area (Å²) in [6, 6.07) is 14.7. The third-order valence-corrected chi connectivity index (χ3v) is 5.56. The highest BCUT2D eigenvalue weighted by Crippen LogP contribution is 2.50. The Balaban J connectivity index is 1.66. The van der Waals surface area contributed by atoms with Crippen molar-refractivity contribution >= 4 is 17.8 Å². The Morgan fingerprint density at radius 2 is 1.90 bits per heavy atom. The Kier molecular flexibility index (Phi) is 4.20. The number of esters is 1. The average Bonchev–Trinajstić information content (AvgIpc) is 3.30. The maximum atomic E-state index is 13.0. The number of benzene rings is 2. The van der Waals surface area contributed by atoms with Gasteiger partial charge >= 0.3 is 5.97 Å². The Morgan fingerprint density at radius 1 is 1.07 bits per heavy atom. The molecule has 2 aliphatic heterocycles. The highest BCUT2D eigenvalue weighted by atomic mass is 16.5. The van der Waals surface area contributed by atoms with E-state index in [2.05, 4.69) is 0 Å². The molecule has 1 aromatic heterocycles. The molecule has 0 bridgehead atoms. The van der Waals surface area contributed by atoms with E-state index in [-0.39, 0.29) is 29.9 Å². The van der Waals surface area contributed by atoms with Crippen LogP contribution in [0.25, 0.3) is 6.08 Å². The lowest BCUT2D eigenvalue weighted by Gasteiger charge is -2.27. The quantitative estimate of drug-likeness (QED) is 0.376. The number of Topliss-reactive ketones (excluding diaryl/α,β-unsaturated/α-hetero) is 1. The second kappa shape index (κ2) is 6.91. The van der Waals surface area contributed by atoms with Crippen molar-refractivity contribution in [3.63, 3.8) is 0 Å². The topological polar surface area (TPSA) is 66.8 Å². The molecule has 0 N–H and O–H groups in total. The van der Waals surface area contributed by atoms with Crippen molar-refractivity contribution in [3.05, 3.63) is 82.9 Å². The summed E-state index contributed by atoms with van der Waals surface area (Å²) in [5, 5.41) is 0. The molecule has 2 aromatic carbocycles. The Bertz CT molecular complexity index is 1220. The number of allylic oxidation sites excluding steroid dienone is 1. The SMILES string of the molecule is COc1ccccc1[C@@H]1CC(=O)Oc2ccc3c(c21)O/C(=C\c1cccn1C)C3=O. The molecule has 30 heavy (non-hydrogen) atoms. The molecule has 150 valence electrons. The number of nitrogens with zero attached hydrogens (tertiary/aromatic N) is 1. The largest absolute Gasteiger partial charge is 0.496 e. The molecule has 5 rings (SSSR count). The number of para-hydroxylation sites is 1. The number of ether oxygens (including phenoxy) is 3. The molecule has 6 nitrogen and oxygen atoms in total. The number of hydrogen-bond donors (Lipinski definition) is 0. The minimum absolute atomic E-state index is 0.137. The van der Waals surface area contributed by atoms with Crippen molar-refractivity contribution in [2.24, 2.45) is 7.05 Å². The summed E-state index contributed by atoms with van der Waals surface area (Å²) in [5.41, 5.74) is 2.86. The predicted molar refractivity (Wildman–Crippen MR) is 110 cm³/mol. The van der Waals surface area contributed by atoms with Crippen molar-refractivity contribution in [1.29, 1.82) is 0 Å². The zero-order valence-electron chi connectivity index (χ0n) is 16.5. The molecule has 0 unspecified atom stereocenters. The molecule has 0 saturated carbocycles. The van der Waals surface area contributed by atoms with Crippen LogP contribution in [-0.2, 0) is 11.8 Å². The van der Waals surface area contributed by atoms with Crippen LogP contribution in [0.1, 0.15) is 39.5 Å². The van der Waals surface area contributed by atoms with E-state index in [1.165, 1.54) is 0 Å². The molecule has 0 saturated heterocycles. The van der Waals surface area contributed by atoms with Crippen molar-refractivity contribution in [1.82, 2.24) is 4.57 Å². The molecule has 0 amide bonds. The Labute approximate surface area is 173 Å². The first-order valence-electron chi connectivity index (χ1n) is 9.63. The normalized spacial score (nSPS) is 18.6. The maximum absolute atomic E-state index is 13.0. The molecule has 3 aromatic rings. The number of hydrogen-bond acceptors (Lipinski definition) is 5. The van der Waals surface area contributed by atoms with Gasteiger partial charge in [-0.1, -0.05) is 18.2 Å². The number of fused-ring (bicyclic) bond motifs is 3. The number of rotatable bonds is 3. The van der Waals surface area contributed by atoms with Gasteiger partial charge in [-0.15, -0.1) is 0 Å². The maximum Gasteiger partial charge on any atom is 0.312 e. The molecule has 0 spiro atoms. The van der Waals surface area contributed by atoms with E-state index in [1.807, 2.05) is 54.2 Å². The van der Waals surface area contributed by atoms with Crippen molar-refractivity contribution in [3.8, 4) is 17.2 Å². The summed E-state index contributed by atoms with van der Waals surface area (Å²) in [5.74, 6) is 0.914. The summed E-state index contributed by atoms with van der Waals surface area (Å²) in [6.45, 7) is 0. The van der Waals surface area contributed by atoms with Crippen LogP contribution in [0.5, 0.6) is 17.2 Å². The second-order valence-corrected chi connectivity index (χ2v) is 7.31. The number of aromatic nitrogens is 1. The van der Waals surface area contributed by atoms with Gasteiger partial charge in [0.15, 0.2) is 5.76 Å². The van der Waals surface area contributed by atoms with Gasteiger partial charge in [0.05, 0.1) is 19.1 Å². The van der Waals surface area contributed by atoms with Gasteiger partial charge in [-0.3, -0.25) is 9.59 Å². The van der Waals surface area contributed by atoms with Crippen LogP contribution in [0.15, 0.2) is 60.5 Å². The molecule has 3 heterocycles. The summed E-state index contributed by atoms with van der Waals surface area (Å²) in [6.07, 6.45) is 3.76. The van der Waals surface area contributed by atoms with Gasteiger partial charge in [0, 0.05) is 42.1 Å². The van der Waals surface area contributed by atoms with E-state index < -0.39 is 0 Å². The lowest BCUT2D eigenvalue weighted by atomic mass is 9.84. The van der Waals surface area contributed by atoms with Gasteiger partial charge in [0.25, 0.3) is 0 Å². The number of methoxy groups -OCH3 is 1. The van der Waals surface area contributed by atoms with Crippen LogP contribution in [0.3, 0.4) is 0 Å². The van der Waals surface area contributed by atoms with Gasteiger partial charge in [0.2, 0.25) is 5.78 Å². The van der Waals surface area contributed by atoms with E-state index in [0.29, 0.717) is 28.4 Å². The van der Waals surface area contributed by atoms with Crippen LogP contribution >= 0.6 is 0 Å². The first-order valence-corrected chi connectivity index (χ1v) is 9.63. The van der Waals surface area contributed by atoms with E-state index in [4.69, 9.17) is 14.2 Å². The summed E-state index contributed by atoms with van der Waals surface area (Å²) in [4.78, 5) is 25.3. The number of aryl methyl sites for hydroxylation is 1. The van der Waals surface area contributed by atoms with Crippen LogP contribution in [-0.4, -0.2) is 23.4 Å². The monoisotopic (exact) mass is 401 g/mol. The number of carbonyl (C=O) groups excluding carboxylic acids is 2. The van der Waals surface area contributed by atoms with Crippen LogP contribution < -0.4 is 14.2 Å². The first-order chi connectivity index (χ1) is 14.6. The summed E-state index contributed by atoms with van der Waals surface area (Å²) >= 11 is 0. The molecule has 6 heteroatoms. The fourth-order valence-electron chi connectivity index (χ4n) is 4.08. The molecular formula is C24H19NO5. The van der Waals surface area contributed by atoms with Crippen molar-refractivity contribution in [2.45, 2.75) is 12.3 Å². The molecule has 0 fully saturated rings. The van der Waals surface area contributed by atoms with Crippen molar-refractivity contribution in [2.75, 3.05) is 7.11 Å². The zero-order chi connectivity index (χ0) is 20.8. The fraction of sp³-hybridized carbons (Fsp3) is 0.167. The predicted octanol–water partition coefficient (Wildman–Crippen LogP) is 4.09. The van der Waals surface area contributed by atoms with Gasteiger partial charge in [-0.25, -0.2) is 0 Å².